The molecule has 0 spiro atoms. The van der Waals surface area contributed by atoms with Gasteiger partial charge in [0.2, 0.25) is 0 Å². The van der Waals surface area contributed by atoms with Gasteiger partial charge in [-0.2, -0.15) is 0 Å². The zero-order valence-corrected chi connectivity index (χ0v) is 14.1. The highest BCUT2D eigenvalue weighted by atomic mass is 35.5. The summed E-state index contributed by atoms with van der Waals surface area (Å²) in [7, 11) is 1.64. The predicted octanol–water partition coefficient (Wildman–Crippen LogP) is 3.74. The second kappa shape index (κ2) is 8.09. The van der Waals surface area contributed by atoms with E-state index >= 15 is 0 Å². The van der Waals surface area contributed by atoms with E-state index in [9.17, 15) is 5.11 Å². The van der Waals surface area contributed by atoms with Gasteiger partial charge in [0.25, 0.3) is 0 Å². The fourth-order valence-electron chi connectivity index (χ4n) is 2.51. The molecule has 0 aliphatic heterocycles. The van der Waals surface area contributed by atoms with Crippen molar-refractivity contribution in [3.63, 3.8) is 0 Å². The van der Waals surface area contributed by atoms with Gasteiger partial charge >= 0.3 is 0 Å². The van der Waals surface area contributed by atoms with E-state index in [2.05, 4.69) is 0 Å². The van der Waals surface area contributed by atoms with Crippen LogP contribution in [-0.2, 0) is 6.42 Å². The molecule has 23 heavy (non-hydrogen) atoms. The highest BCUT2D eigenvalue weighted by Crippen LogP contribution is 2.36. The monoisotopic (exact) mass is 335 g/mol. The maximum Gasteiger partial charge on any atom is 0.176 e. The Hall–Kier alpha value is -1.91. The number of benzene rings is 2. The standard InChI is InChI=1S/C18H22ClNO3/c1-3-23-17-10-12(9-16(19)18(17)21)8-14(11-20)13-4-6-15(22-2)7-5-13/h4-7,9-10,14,21H,3,8,11,20H2,1-2H3. The van der Waals surface area contributed by atoms with Gasteiger partial charge < -0.3 is 20.3 Å². The number of methoxy groups -OCH3 is 1. The van der Waals surface area contributed by atoms with Crippen molar-refractivity contribution in [2.24, 2.45) is 5.73 Å². The number of hydrogen-bond donors (Lipinski definition) is 2. The molecule has 5 heteroatoms. The molecule has 3 N–H and O–H groups in total. The third-order valence-corrected chi connectivity index (χ3v) is 4.03. The first-order valence-corrected chi connectivity index (χ1v) is 7.95. The van der Waals surface area contributed by atoms with Crippen LogP contribution in [0.2, 0.25) is 5.02 Å². The summed E-state index contributed by atoms with van der Waals surface area (Å²) < 4.78 is 10.6. The third-order valence-electron chi connectivity index (χ3n) is 3.74. The van der Waals surface area contributed by atoms with Crippen LogP contribution in [0, 0.1) is 0 Å². The molecule has 1 atom stereocenters. The fraction of sp³-hybridized carbons (Fsp3) is 0.333. The number of hydrogen-bond acceptors (Lipinski definition) is 4. The first kappa shape index (κ1) is 17.4. The smallest absolute Gasteiger partial charge is 0.176 e. The summed E-state index contributed by atoms with van der Waals surface area (Å²) in [6.07, 6.45) is 0.711. The Balaban J connectivity index is 2.23. The zero-order valence-electron chi connectivity index (χ0n) is 13.4. The van der Waals surface area contributed by atoms with Gasteiger partial charge in [-0.05, 0) is 55.3 Å². The first-order chi connectivity index (χ1) is 11.1. The van der Waals surface area contributed by atoms with E-state index < -0.39 is 0 Å². The third kappa shape index (κ3) is 4.30. The Morgan fingerprint density at radius 3 is 2.48 bits per heavy atom. The van der Waals surface area contributed by atoms with Crippen molar-refractivity contribution >= 4 is 11.6 Å². The normalized spacial score (nSPS) is 12.0. The van der Waals surface area contributed by atoms with Crippen LogP contribution in [0.5, 0.6) is 17.2 Å². The van der Waals surface area contributed by atoms with Crippen molar-refractivity contribution in [3.8, 4) is 17.2 Å². The summed E-state index contributed by atoms with van der Waals surface area (Å²) in [5.41, 5.74) is 8.05. The van der Waals surface area contributed by atoms with Crippen LogP contribution in [0.25, 0.3) is 0 Å². The van der Waals surface area contributed by atoms with Crippen molar-refractivity contribution in [2.45, 2.75) is 19.3 Å². The van der Waals surface area contributed by atoms with Crippen molar-refractivity contribution < 1.29 is 14.6 Å². The molecule has 0 aliphatic carbocycles. The molecule has 0 aromatic heterocycles. The second-order valence-electron chi connectivity index (χ2n) is 5.27. The van der Waals surface area contributed by atoms with Gasteiger partial charge in [0, 0.05) is 5.92 Å². The molecule has 0 bridgehead atoms. The van der Waals surface area contributed by atoms with E-state index in [1.54, 1.807) is 13.2 Å². The van der Waals surface area contributed by atoms with Crippen molar-refractivity contribution in [3.05, 3.63) is 52.5 Å². The lowest BCUT2D eigenvalue weighted by Gasteiger charge is -2.17. The molecule has 2 aromatic carbocycles. The highest BCUT2D eigenvalue weighted by molar-refractivity contribution is 6.32. The first-order valence-electron chi connectivity index (χ1n) is 7.57. The van der Waals surface area contributed by atoms with E-state index in [0.29, 0.717) is 25.3 Å². The number of phenols is 1. The Labute approximate surface area is 141 Å². The lowest BCUT2D eigenvalue weighted by Crippen LogP contribution is -2.15. The van der Waals surface area contributed by atoms with Gasteiger partial charge in [0.1, 0.15) is 5.75 Å². The molecular formula is C18H22ClNO3. The van der Waals surface area contributed by atoms with Gasteiger partial charge in [0.15, 0.2) is 11.5 Å². The molecule has 2 aromatic rings. The second-order valence-corrected chi connectivity index (χ2v) is 5.67. The van der Waals surface area contributed by atoms with Crippen molar-refractivity contribution in [1.82, 2.24) is 0 Å². The summed E-state index contributed by atoms with van der Waals surface area (Å²) in [5, 5.41) is 10.2. The largest absolute Gasteiger partial charge is 0.503 e. The number of rotatable bonds is 7. The topological polar surface area (TPSA) is 64.7 Å². The van der Waals surface area contributed by atoms with Gasteiger partial charge in [-0.3, -0.25) is 0 Å². The zero-order chi connectivity index (χ0) is 16.8. The average Bonchev–Trinajstić information content (AvgIpc) is 2.57. The van der Waals surface area contributed by atoms with Crippen LogP contribution >= 0.6 is 11.6 Å². The van der Waals surface area contributed by atoms with Crippen LogP contribution in [0.3, 0.4) is 0 Å². The van der Waals surface area contributed by atoms with E-state index in [1.165, 1.54) is 0 Å². The van der Waals surface area contributed by atoms with Gasteiger partial charge in [-0.1, -0.05) is 23.7 Å². The molecule has 0 saturated carbocycles. The Bertz CT molecular complexity index is 643. The maximum absolute atomic E-state index is 9.92. The number of phenolic OH excluding ortho intramolecular Hbond substituents is 1. The molecule has 4 nitrogen and oxygen atoms in total. The Morgan fingerprint density at radius 1 is 1.22 bits per heavy atom. The number of halogens is 1. The van der Waals surface area contributed by atoms with E-state index in [1.807, 2.05) is 37.3 Å². The molecule has 2 rings (SSSR count). The van der Waals surface area contributed by atoms with Crippen molar-refractivity contribution in [2.75, 3.05) is 20.3 Å². The summed E-state index contributed by atoms with van der Waals surface area (Å²) in [6.45, 7) is 2.83. The number of aromatic hydroxyl groups is 1. The minimum Gasteiger partial charge on any atom is -0.503 e. The van der Waals surface area contributed by atoms with E-state index in [-0.39, 0.29) is 16.7 Å². The van der Waals surface area contributed by atoms with E-state index in [4.69, 9.17) is 26.8 Å². The number of nitrogens with two attached hydrogens (primary N) is 1. The average molecular weight is 336 g/mol. The number of ether oxygens (including phenoxy) is 2. The summed E-state index contributed by atoms with van der Waals surface area (Å²) >= 11 is 6.09. The fourth-order valence-corrected chi connectivity index (χ4v) is 2.74. The van der Waals surface area contributed by atoms with Crippen LogP contribution in [0.15, 0.2) is 36.4 Å². The van der Waals surface area contributed by atoms with Crippen LogP contribution < -0.4 is 15.2 Å². The highest BCUT2D eigenvalue weighted by Gasteiger charge is 2.15. The summed E-state index contributed by atoms with van der Waals surface area (Å²) in [5.74, 6) is 1.35. The van der Waals surface area contributed by atoms with E-state index in [0.717, 1.165) is 16.9 Å². The van der Waals surface area contributed by atoms with Gasteiger partial charge in [-0.25, -0.2) is 0 Å². The summed E-state index contributed by atoms with van der Waals surface area (Å²) in [6, 6.07) is 11.5. The lowest BCUT2D eigenvalue weighted by atomic mass is 9.92. The molecular weight excluding hydrogens is 314 g/mol. The van der Waals surface area contributed by atoms with Gasteiger partial charge in [-0.15, -0.1) is 0 Å². The Kier molecular flexibility index (Phi) is 6.13. The molecule has 0 radical (unpaired) electrons. The lowest BCUT2D eigenvalue weighted by molar-refractivity contribution is 0.318. The van der Waals surface area contributed by atoms with Crippen LogP contribution in [0.1, 0.15) is 24.0 Å². The molecule has 1 unspecified atom stereocenters. The Morgan fingerprint density at radius 2 is 1.91 bits per heavy atom. The van der Waals surface area contributed by atoms with Gasteiger partial charge in [0.05, 0.1) is 18.7 Å². The maximum atomic E-state index is 9.92. The molecule has 0 fully saturated rings. The minimum absolute atomic E-state index is 0.0222. The molecule has 0 saturated heterocycles. The molecule has 124 valence electrons. The van der Waals surface area contributed by atoms with Crippen LogP contribution in [0.4, 0.5) is 0 Å². The molecule has 0 heterocycles. The SMILES string of the molecule is CCOc1cc(CC(CN)c2ccc(OC)cc2)cc(Cl)c1O. The molecule has 0 amide bonds. The quantitative estimate of drug-likeness (QED) is 0.809. The summed E-state index contributed by atoms with van der Waals surface area (Å²) in [4.78, 5) is 0. The van der Waals surface area contributed by atoms with Crippen LogP contribution in [-0.4, -0.2) is 25.4 Å². The molecule has 0 aliphatic rings. The van der Waals surface area contributed by atoms with Crippen molar-refractivity contribution in [1.29, 1.82) is 0 Å². The predicted molar refractivity (Wildman–Crippen MR) is 92.8 cm³/mol. The minimum atomic E-state index is -0.0222.